The van der Waals surface area contributed by atoms with Crippen molar-refractivity contribution in [2.45, 2.75) is 45.6 Å². The van der Waals surface area contributed by atoms with Gasteiger partial charge in [0.1, 0.15) is 0 Å². The molecule has 1 fully saturated rings. The van der Waals surface area contributed by atoms with Crippen LogP contribution in [0.25, 0.3) is 10.4 Å². The van der Waals surface area contributed by atoms with E-state index >= 15 is 0 Å². The van der Waals surface area contributed by atoms with Crippen molar-refractivity contribution in [3.8, 4) is 10.4 Å². The van der Waals surface area contributed by atoms with Crippen LogP contribution in [0, 0.1) is 11.8 Å². The number of hydrogen-bond donors (Lipinski definition) is 1. The average Bonchev–Trinajstić information content (AvgIpc) is 3.14. The molecule has 2 unspecified atom stereocenters. The molecule has 1 aliphatic rings. The minimum Gasteiger partial charge on any atom is -0.312 e. The third-order valence-corrected chi connectivity index (χ3v) is 6.39. The van der Waals surface area contributed by atoms with E-state index in [-0.39, 0.29) is 0 Å². The molecule has 2 heterocycles. The van der Waals surface area contributed by atoms with Crippen LogP contribution >= 0.6 is 22.7 Å². The lowest BCUT2D eigenvalue weighted by Gasteiger charge is -2.26. The van der Waals surface area contributed by atoms with Crippen LogP contribution in [0.1, 0.15) is 43.9 Å². The Hall–Kier alpha value is -0.640. The Morgan fingerprint density at radius 1 is 1.29 bits per heavy atom. The van der Waals surface area contributed by atoms with Gasteiger partial charge in [-0.05, 0) is 54.1 Å². The third-order valence-electron chi connectivity index (χ3n) is 4.53. The molecule has 0 spiro atoms. The van der Waals surface area contributed by atoms with Crippen molar-refractivity contribution in [3.05, 3.63) is 33.8 Å². The molecular formula is C18H25NS2. The zero-order chi connectivity index (χ0) is 14.5. The molecule has 2 aromatic heterocycles. The van der Waals surface area contributed by atoms with Crippen molar-refractivity contribution in [2.75, 3.05) is 6.54 Å². The summed E-state index contributed by atoms with van der Waals surface area (Å²) < 4.78 is 0. The van der Waals surface area contributed by atoms with Crippen molar-refractivity contribution in [3.63, 3.8) is 0 Å². The molecule has 1 saturated carbocycles. The van der Waals surface area contributed by atoms with E-state index < -0.39 is 0 Å². The topological polar surface area (TPSA) is 12.0 Å². The molecule has 2 aromatic rings. The molecule has 1 nitrogen and oxygen atoms in total. The Balaban J connectivity index is 1.39. The quantitative estimate of drug-likeness (QED) is 0.665. The summed E-state index contributed by atoms with van der Waals surface area (Å²) in [6, 6.07) is 6.67. The van der Waals surface area contributed by atoms with Crippen LogP contribution in [0.2, 0.25) is 0 Å². The Morgan fingerprint density at radius 3 is 3.05 bits per heavy atom. The van der Waals surface area contributed by atoms with Crippen LogP contribution in [-0.4, -0.2) is 6.54 Å². The summed E-state index contributed by atoms with van der Waals surface area (Å²) in [4.78, 5) is 2.84. The predicted molar refractivity (Wildman–Crippen MR) is 95.1 cm³/mol. The number of hydrogen-bond acceptors (Lipinski definition) is 3. The fourth-order valence-electron chi connectivity index (χ4n) is 3.39. The zero-order valence-electron chi connectivity index (χ0n) is 12.8. The summed E-state index contributed by atoms with van der Waals surface area (Å²) in [5.41, 5.74) is 1.38. The average molecular weight is 320 g/mol. The lowest BCUT2D eigenvalue weighted by molar-refractivity contribution is 0.267. The lowest BCUT2D eigenvalue weighted by Crippen LogP contribution is -2.20. The van der Waals surface area contributed by atoms with Gasteiger partial charge in [0.05, 0.1) is 0 Å². The van der Waals surface area contributed by atoms with E-state index in [0.717, 1.165) is 18.4 Å². The summed E-state index contributed by atoms with van der Waals surface area (Å²) in [5.74, 6) is 1.92. The van der Waals surface area contributed by atoms with E-state index in [2.05, 4.69) is 41.2 Å². The highest BCUT2D eigenvalue weighted by molar-refractivity contribution is 7.14. The van der Waals surface area contributed by atoms with Gasteiger partial charge in [0, 0.05) is 21.9 Å². The molecule has 0 saturated heterocycles. The third kappa shape index (κ3) is 4.41. The monoisotopic (exact) mass is 319 g/mol. The maximum absolute atomic E-state index is 3.64. The van der Waals surface area contributed by atoms with Crippen molar-refractivity contribution < 1.29 is 0 Å². The fourth-order valence-corrected chi connectivity index (χ4v) is 5.03. The van der Waals surface area contributed by atoms with Gasteiger partial charge >= 0.3 is 0 Å². The zero-order valence-corrected chi connectivity index (χ0v) is 14.4. The first-order chi connectivity index (χ1) is 10.3. The van der Waals surface area contributed by atoms with E-state index in [0.29, 0.717) is 0 Å². The number of thiophene rings is 2. The molecule has 21 heavy (non-hydrogen) atoms. The van der Waals surface area contributed by atoms with E-state index in [1.807, 2.05) is 22.7 Å². The molecule has 0 amide bonds. The molecule has 1 aliphatic carbocycles. The Bertz CT molecular complexity index is 529. The highest BCUT2D eigenvalue weighted by atomic mass is 32.1. The van der Waals surface area contributed by atoms with Crippen LogP contribution in [0.15, 0.2) is 29.0 Å². The minimum absolute atomic E-state index is 0.953. The molecule has 1 N–H and O–H groups in total. The Labute approximate surface area is 136 Å². The first kappa shape index (κ1) is 15.3. The maximum Gasteiger partial charge on any atom is 0.0351 e. The van der Waals surface area contributed by atoms with Gasteiger partial charge in [-0.25, -0.2) is 0 Å². The largest absolute Gasteiger partial charge is 0.312 e. The van der Waals surface area contributed by atoms with Gasteiger partial charge in [0.25, 0.3) is 0 Å². The molecule has 0 aliphatic heterocycles. The van der Waals surface area contributed by atoms with Crippen molar-refractivity contribution in [2.24, 2.45) is 11.8 Å². The van der Waals surface area contributed by atoms with Crippen molar-refractivity contribution in [1.82, 2.24) is 5.32 Å². The SMILES string of the molecule is CC1CCCC(CCNCc2cc(-c3cccs3)cs2)C1. The molecule has 2 atom stereocenters. The summed E-state index contributed by atoms with van der Waals surface area (Å²) in [7, 11) is 0. The van der Waals surface area contributed by atoms with Crippen LogP contribution < -0.4 is 5.32 Å². The van der Waals surface area contributed by atoms with E-state index in [1.165, 1.54) is 54.0 Å². The maximum atomic E-state index is 3.64. The summed E-state index contributed by atoms with van der Waals surface area (Å²) in [6.45, 7) is 4.61. The highest BCUT2D eigenvalue weighted by Crippen LogP contribution is 2.31. The Morgan fingerprint density at radius 2 is 2.24 bits per heavy atom. The Kier molecular flexibility index (Phi) is 5.50. The normalized spacial score (nSPS) is 22.5. The van der Waals surface area contributed by atoms with Gasteiger partial charge in [-0.1, -0.05) is 32.3 Å². The predicted octanol–water partition coefficient (Wildman–Crippen LogP) is 5.78. The smallest absolute Gasteiger partial charge is 0.0351 e. The van der Waals surface area contributed by atoms with Gasteiger partial charge in [-0.15, -0.1) is 22.7 Å². The van der Waals surface area contributed by atoms with Gasteiger partial charge in [0.15, 0.2) is 0 Å². The fraction of sp³-hybridized carbons (Fsp3) is 0.556. The minimum atomic E-state index is 0.953. The van der Waals surface area contributed by atoms with Gasteiger partial charge in [-0.3, -0.25) is 0 Å². The molecule has 114 valence electrons. The molecule has 3 rings (SSSR count). The van der Waals surface area contributed by atoms with E-state index in [1.54, 1.807) is 0 Å². The number of rotatable bonds is 6. The van der Waals surface area contributed by atoms with Crippen LogP contribution in [0.3, 0.4) is 0 Å². The van der Waals surface area contributed by atoms with Crippen molar-refractivity contribution >= 4 is 22.7 Å². The first-order valence-electron chi connectivity index (χ1n) is 8.13. The van der Waals surface area contributed by atoms with Gasteiger partial charge in [0.2, 0.25) is 0 Å². The van der Waals surface area contributed by atoms with Crippen LogP contribution in [0.4, 0.5) is 0 Å². The summed E-state index contributed by atoms with van der Waals surface area (Å²) >= 11 is 3.70. The molecule has 3 heteroatoms. The second-order valence-corrected chi connectivity index (χ2v) is 8.33. The van der Waals surface area contributed by atoms with Crippen LogP contribution in [-0.2, 0) is 6.54 Å². The standard InChI is InChI=1S/C18H25NS2/c1-14-4-2-5-15(10-14)7-8-19-12-17-11-16(13-21-17)18-6-3-9-20-18/h3,6,9,11,13-15,19H,2,4-5,7-8,10,12H2,1H3. The highest BCUT2D eigenvalue weighted by Gasteiger charge is 2.18. The lowest BCUT2D eigenvalue weighted by atomic mass is 9.81. The summed E-state index contributed by atoms with van der Waals surface area (Å²) in [5, 5.41) is 8.07. The molecule has 0 bridgehead atoms. The summed E-state index contributed by atoms with van der Waals surface area (Å²) in [6.07, 6.45) is 7.15. The van der Waals surface area contributed by atoms with Crippen LogP contribution in [0.5, 0.6) is 0 Å². The van der Waals surface area contributed by atoms with Gasteiger partial charge < -0.3 is 5.32 Å². The first-order valence-corrected chi connectivity index (χ1v) is 9.89. The van der Waals surface area contributed by atoms with Crippen molar-refractivity contribution in [1.29, 1.82) is 0 Å². The van der Waals surface area contributed by atoms with E-state index in [4.69, 9.17) is 0 Å². The molecule has 0 aromatic carbocycles. The van der Waals surface area contributed by atoms with Gasteiger partial charge in [-0.2, -0.15) is 0 Å². The molecular weight excluding hydrogens is 294 g/mol. The second-order valence-electron chi connectivity index (χ2n) is 6.38. The second kappa shape index (κ2) is 7.57. The van der Waals surface area contributed by atoms with E-state index in [9.17, 15) is 0 Å². The number of nitrogens with one attached hydrogen (secondary N) is 1. The molecule has 0 radical (unpaired) electrons.